The van der Waals surface area contributed by atoms with Crippen LogP contribution in [0.25, 0.3) is 0 Å². The number of nitrogens with one attached hydrogen (secondary N) is 1. The molecule has 1 aliphatic heterocycles. The topological polar surface area (TPSA) is 66.5 Å². The lowest BCUT2D eigenvalue weighted by atomic mass is 10.0. The molecule has 0 radical (unpaired) electrons. The van der Waals surface area contributed by atoms with Crippen molar-refractivity contribution in [1.29, 1.82) is 0 Å². The third-order valence-corrected chi connectivity index (χ3v) is 6.51. The molecule has 0 aliphatic carbocycles. The molecule has 1 saturated heterocycles. The highest BCUT2D eigenvalue weighted by atomic mass is 32.2. The molecule has 1 aliphatic rings. The van der Waals surface area contributed by atoms with Gasteiger partial charge in [0.15, 0.2) is 0 Å². The number of hydrogen-bond donors (Lipinski definition) is 1. The first-order valence-corrected chi connectivity index (χ1v) is 9.64. The van der Waals surface area contributed by atoms with Gasteiger partial charge in [-0.15, -0.1) is 11.3 Å². The summed E-state index contributed by atoms with van der Waals surface area (Å²) in [7, 11) is -3.46. The van der Waals surface area contributed by atoms with E-state index < -0.39 is 10.0 Å². The second-order valence-corrected chi connectivity index (χ2v) is 8.36. The highest BCUT2D eigenvalue weighted by molar-refractivity contribution is 7.89. The standard InChI is InChI=1S/C14H22N2O3S2/c1-3-6-15-14(17)13-8-12(10-20-13)21(18,19)16-7-4-5-11(2)9-16/h8,10-11H,3-7,9H2,1-2H3,(H,15,17)/t11-/m0/s1. The van der Waals surface area contributed by atoms with Gasteiger partial charge in [-0.3, -0.25) is 4.79 Å². The summed E-state index contributed by atoms with van der Waals surface area (Å²) >= 11 is 1.18. The Labute approximate surface area is 130 Å². The van der Waals surface area contributed by atoms with E-state index in [-0.39, 0.29) is 10.8 Å². The molecule has 5 nitrogen and oxygen atoms in total. The minimum atomic E-state index is -3.46. The molecule has 118 valence electrons. The largest absolute Gasteiger partial charge is 0.351 e. The van der Waals surface area contributed by atoms with Crippen molar-refractivity contribution in [2.75, 3.05) is 19.6 Å². The van der Waals surface area contributed by atoms with Crippen LogP contribution in [0.15, 0.2) is 16.3 Å². The van der Waals surface area contributed by atoms with Crippen LogP contribution < -0.4 is 5.32 Å². The summed E-state index contributed by atoms with van der Waals surface area (Å²) in [5.74, 6) is 0.190. The zero-order chi connectivity index (χ0) is 15.5. The van der Waals surface area contributed by atoms with E-state index in [1.165, 1.54) is 21.7 Å². The molecule has 7 heteroatoms. The van der Waals surface area contributed by atoms with Crippen molar-refractivity contribution in [3.8, 4) is 0 Å². The van der Waals surface area contributed by atoms with Gasteiger partial charge in [0.1, 0.15) is 0 Å². The molecule has 1 N–H and O–H groups in total. The monoisotopic (exact) mass is 330 g/mol. The molecular formula is C14H22N2O3S2. The summed E-state index contributed by atoms with van der Waals surface area (Å²) in [4.78, 5) is 12.6. The van der Waals surface area contributed by atoms with Gasteiger partial charge in [-0.25, -0.2) is 8.42 Å². The summed E-state index contributed by atoms with van der Waals surface area (Å²) < 4.78 is 26.7. The van der Waals surface area contributed by atoms with Crippen LogP contribution in [-0.2, 0) is 10.0 Å². The Bertz CT molecular complexity index is 595. The van der Waals surface area contributed by atoms with Crippen molar-refractivity contribution in [1.82, 2.24) is 9.62 Å². The van der Waals surface area contributed by atoms with Crippen LogP contribution in [-0.4, -0.2) is 38.3 Å². The van der Waals surface area contributed by atoms with E-state index >= 15 is 0 Å². The lowest BCUT2D eigenvalue weighted by molar-refractivity contribution is 0.0957. The number of rotatable bonds is 5. The maximum atomic E-state index is 12.6. The maximum Gasteiger partial charge on any atom is 0.261 e. The predicted molar refractivity (Wildman–Crippen MR) is 84.1 cm³/mol. The van der Waals surface area contributed by atoms with Gasteiger partial charge >= 0.3 is 0 Å². The minimum Gasteiger partial charge on any atom is -0.351 e. The molecule has 2 heterocycles. The molecule has 1 amide bonds. The lowest BCUT2D eigenvalue weighted by Crippen LogP contribution is -2.38. The first-order chi connectivity index (χ1) is 9.95. The molecule has 0 unspecified atom stereocenters. The summed E-state index contributed by atoms with van der Waals surface area (Å²) in [6, 6.07) is 1.49. The number of carbonyl (C=O) groups is 1. The number of amides is 1. The van der Waals surface area contributed by atoms with Crippen molar-refractivity contribution < 1.29 is 13.2 Å². The van der Waals surface area contributed by atoms with Gasteiger partial charge in [0.2, 0.25) is 10.0 Å². The van der Waals surface area contributed by atoms with E-state index in [1.54, 1.807) is 5.38 Å². The number of piperidine rings is 1. The summed E-state index contributed by atoms with van der Waals surface area (Å²) in [5, 5.41) is 4.33. The molecule has 21 heavy (non-hydrogen) atoms. The van der Waals surface area contributed by atoms with E-state index in [4.69, 9.17) is 0 Å². The van der Waals surface area contributed by atoms with E-state index in [0.717, 1.165) is 19.3 Å². The van der Waals surface area contributed by atoms with Crippen LogP contribution in [0, 0.1) is 5.92 Å². The van der Waals surface area contributed by atoms with Gasteiger partial charge in [-0.05, 0) is 31.2 Å². The second kappa shape index (κ2) is 6.89. The Morgan fingerprint density at radius 2 is 2.29 bits per heavy atom. The fourth-order valence-corrected chi connectivity index (χ4v) is 5.19. The number of hydrogen-bond acceptors (Lipinski definition) is 4. The van der Waals surface area contributed by atoms with Gasteiger partial charge in [0.05, 0.1) is 9.77 Å². The van der Waals surface area contributed by atoms with Gasteiger partial charge in [0.25, 0.3) is 5.91 Å². The molecule has 0 spiro atoms. The number of thiophene rings is 1. The Morgan fingerprint density at radius 1 is 1.52 bits per heavy atom. The van der Waals surface area contributed by atoms with Crippen LogP contribution in [0.3, 0.4) is 0 Å². The first-order valence-electron chi connectivity index (χ1n) is 7.32. The number of carbonyl (C=O) groups excluding carboxylic acids is 1. The third-order valence-electron chi connectivity index (χ3n) is 3.59. The van der Waals surface area contributed by atoms with Gasteiger partial charge in [-0.1, -0.05) is 13.8 Å². The van der Waals surface area contributed by atoms with Gasteiger partial charge < -0.3 is 5.32 Å². The van der Waals surface area contributed by atoms with Crippen LogP contribution in [0.2, 0.25) is 0 Å². The van der Waals surface area contributed by atoms with Crippen molar-refractivity contribution in [2.24, 2.45) is 5.92 Å². The minimum absolute atomic E-state index is 0.199. The van der Waals surface area contributed by atoms with Crippen molar-refractivity contribution in [3.63, 3.8) is 0 Å². The third kappa shape index (κ3) is 3.84. The molecular weight excluding hydrogens is 308 g/mol. The smallest absolute Gasteiger partial charge is 0.261 e. The quantitative estimate of drug-likeness (QED) is 0.901. The molecule has 1 fully saturated rings. The average Bonchev–Trinajstić information content (AvgIpc) is 2.95. The van der Waals surface area contributed by atoms with E-state index in [1.807, 2.05) is 6.92 Å². The maximum absolute atomic E-state index is 12.6. The van der Waals surface area contributed by atoms with E-state index in [2.05, 4.69) is 12.2 Å². The molecule has 1 atom stereocenters. The zero-order valence-corrected chi connectivity index (χ0v) is 14.1. The highest BCUT2D eigenvalue weighted by Gasteiger charge is 2.29. The van der Waals surface area contributed by atoms with Gasteiger partial charge in [0, 0.05) is 25.0 Å². The molecule has 1 aromatic heterocycles. The Kier molecular flexibility index (Phi) is 5.40. The SMILES string of the molecule is CCCNC(=O)c1cc(S(=O)(=O)N2CCC[C@H](C)C2)cs1. The fourth-order valence-electron chi connectivity index (χ4n) is 2.41. The van der Waals surface area contributed by atoms with Crippen LogP contribution in [0.1, 0.15) is 42.8 Å². The van der Waals surface area contributed by atoms with Crippen molar-refractivity contribution in [2.45, 2.75) is 38.0 Å². The van der Waals surface area contributed by atoms with Crippen LogP contribution in [0.5, 0.6) is 0 Å². The highest BCUT2D eigenvalue weighted by Crippen LogP contribution is 2.26. The first kappa shape index (κ1) is 16.5. The second-order valence-electron chi connectivity index (χ2n) is 5.51. The van der Waals surface area contributed by atoms with Crippen molar-refractivity contribution >= 4 is 27.3 Å². The Hall–Kier alpha value is -0.920. The van der Waals surface area contributed by atoms with Crippen LogP contribution >= 0.6 is 11.3 Å². The lowest BCUT2D eigenvalue weighted by Gasteiger charge is -2.29. The Morgan fingerprint density at radius 3 is 2.95 bits per heavy atom. The van der Waals surface area contributed by atoms with E-state index in [0.29, 0.717) is 30.4 Å². The summed E-state index contributed by atoms with van der Waals surface area (Å²) in [6.07, 6.45) is 2.82. The summed E-state index contributed by atoms with van der Waals surface area (Å²) in [6.45, 7) is 5.78. The fraction of sp³-hybridized carbons (Fsp3) is 0.643. The molecule has 1 aromatic rings. The Balaban J connectivity index is 2.14. The van der Waals surface area contributed by atoms with Gasteiger partial charge in [-0.2, -0.15) is 4.31 Å². The zero-order valence-electron chi connectivity index (χ0n) is 12.5. The predicted octanol–water partition coefficient (Wildman–Crippen LogP) is 2.31. The molecule has 0 aromatic carbocycles. The van der Waals surface area contributed by atoms with E-state index in [9.17, 15) is 13.2 Å². The molecule has 0 saturated carbocycles. The molecule has 0 bridgehead atoms. The normalized spacial score (nSPS) is 20.4. The molecule has 2 rings (SSSR count). The number of sulfonamides is 1. The van der Waals surface area contributed by atoms with Crippen LogP contribution in [0.4, 0.5) is 0 Å². The summed E-state index contributed by atoms with van der Waals surface area (Å²) in [5.41, 5.74) is 0. The number of nitrogens with zero attached hydrogens (tertiary/aromatic N) is 1. The van der Waals surface area contributed by atoms with Crippen molar-refractivity contribution in [3.05, 3.63) is 16.3 Å². The average molecular weight is 330 g/mol.